The molecule has 1 atom stereocenters. The van der Waals surface area contributed by atoms with Gasteiger partial charge in [-0.2, -0.15) is 0 Å². The lowest BCUT2D eigenvalue weighted by molar-refractivity contribution is -0.116. The third-order valence-corrected chi connectivity index (χ3v) is 6.74. The topological polar surface area (TPSA) is 66.5 Å². The summed E-state index contributed by atoms with van der Waals surface area (Å²) in [6.07, 6.45) is 0.657. The lowest BCUT2D eigenvalue weighted by Gasteiger charge is -2.21. The SMILES string of the molecule is CC(=O)N1c2cc(S(=O)(=O)Nc3ccc(C)c(F)c3)c(Br)cc2CC1C. The zero-order chi connectivity index (χ0) is 19.2. The normalized spacial score (nSPS) is 16.5. The highest BCUT2D eigenvalue weighted by Gasteiger charge is 2.32. The number of sulfonamides is 1. The zero-order valence-corrected chi connectivity index (χ0v) is 16.9. The Hall–Kier alpha value is -1.93. The fourth-order valence-corrected chi connectivity index (χ4v) is 5.33. The first kappa shape index (κ1) is 18.8. The summed E-state index contributed by atoms with van der Waals surface area (Å²) < 4.78 is 42.1. The molecule has 1 amide bonds. The van der Waals surface area contributed by atoms with Crippen molar-refractivity contribution in [1.82, 2.24) is 0 Å². The van der Waals surface area contributed by atoms with Crippen molar-refractivity contribution in [2.75, 3.05) is 9.62 Å². The van der Waals surface area contributed by atoms with E-state index in [0.717, 1.165) is 11.6 Å². The highest BCUT2D eigenvalue weighted by molar-refractivity contribution is 9.10. The number of nitrogens with one attached hydrogen (secondary N) is 1. The number of aryl methyl sites for hydroxylation is 1. The van der Waals surface area contributed by atoms with Gasteiger partial charge >= 0.3 is 0 Å². The Morgan fingerprint density at radius 3 is 2.62 bits per heavy atom. The second-order valence-corrected chi connectivity index (χ2v) is 8.93. The van der Waals surface area contributed by atoms with Crippen molar-refractivity contribution in [2.24, 2.45) is 0 Å². The van der Waals surface area contributed by atoms with Crippen molar-refractivity contribution < 1.29 is 17.6 Å². The van der Waals surface area contributed by atoms with Crippen LogP contribution in [0.2, 0.25) is 0 Å². The van der Waals surface area contributed by atoms with E-state index in [-0.39, 0.29) is 22.5 Å². The molecular weight excluding hydrogens is 423 g/mol. The highest BCUT2D eigenvalue weighted by Crippen LogP contribution is 2.38. The maximum absolute atomic E-state index is 13.7. The number of amides is 1. The molecule has 26 heavy (non-hydrogen) atoms. The fourth-order valence-electron chi connectivity index (χ4n) is 3.17. The summed E-state index contributed by atoms with van der Waals surface area (Å²) in [4.78, 5) is 13.5. The largest absolute Gasteiger partial charge is 0.309 e. The molecule has 2 aromatic rings. The van der Waals surface area contributed by atoms with Crippen LogP contribution in [0.25, 0.3) is 0 Å². The predicted molar refractivity (Wildman–Crippen MR) is 102 cm³/mol. The second kappa shape index (κ2) is 6.66. The van der Waals surface area contributed by atoms with E-state index >= 15 is 0 Å². The van der Waals surface area contributed by atoms with Crippen LogP contribution in [-0.2, 0) is 21.2 Å². The Balaban J connectivity index is 2.03. The van der Waals surface area contributed by atoms with Gasteiger partial charge in [0.25, 0.3) is 10.0 Å². The number of benzene rings is 2. The van der Waals surface area contributed by atoms with Crippen molar-refractivity contribution >= 4 is 43.2 Å². The molecule has 8 heteroatoms. The van der Waals surface area contributed by atoms with Crippen LogP contribution in [0.1, 0.15) is 25.0 Å². The summed E-state index contributed by atoms with van der Waals surface area (Å²) >= 11 is 3.31. The molecule has 0 bridgehead atoms. The number of rotatable bonds is 3. The molecule has 0 radical (unpaired) electrons. The number of hydrogen-bond acceptors (Lipinski definition) is 3. The number of carbonyl (C=O) groups excluding carboxylic acids is 1. The van der Waals surface area contributed by atoms with E-state index in [4.69, 9.17) is 0 Å². The minimum absolute atomic E-state index is 0.00224. The number of halogens is 2. The van der Waals surface area contributed by atoms with Gasteiger partial charge in [0.2, 0.25) is 5.91 Å². The van der Waals surface area contributed by atoms with Crippen LogP contribution in [0.15, 0.2) is 39.7 Å². The highest BCUT2D eigenvalue weighted by atomic mass is 79.9. The molecule has 1 N–H and O–H groups in total. The molecule has 1 unspecified atom stereocenters. The van der Waals surface area contributed by atoms with Crippen LogP contribution in [-0.4, -0.2) is 20.4 Å². The van der Waals surface area contributed by atoms with E-state index in [0.29, 0.717) is 22.1 Å². The zero-order valence-electron chi connectivity index (χ0n) is 14.5. The summed E-state index contributed by atoms with van der Waals surface area (Å²) in [5.74, 6) is -0.634. The smallest absolute Gasteiger partial charge is 0.263 e. The van der Waals surface area contributed by atoms with Gasteiger partial charge in [-0.3, -0.25) is 9.52 Å². The lowest BCUT2D eigenvalue weighted by Crippen LogP contribution is -2.33. The Kier molecular flexibility index (Phi) is 4.83. The van der Waals surface area contributed by atoms with Gasteiger partial charge < -0.3 is 4.90 Å². The van der Waals surface area contributed by atoms with Crippen molar-refractivity contribution in [3.05, 3.63) is 51.7 Å². The molecular formula is C18H18BrFN2O3S. The van der Waals surface area contributed by atoms with Gasteiger partial charge in [0.15, 0.2) is 0 Å². The van der Waals surface area contributed by atoms with Crippen LogP contribution in [0.5, 0.6) is 0 Å². The molecule has 0 aliphatic carbocycles. The first-order valence-electron chi connectivity index (χ1n) is 8.01. The number of fused-ring (bicyclic) bond motifs is 1. The molecule has 1 heterocycles. The first-order valence-corrected chi connectivity index (χ1v) is 10.3. The average Bonchev–Trinajstić information content (AvgIpc) is 2.84. The van der Waals surface area contributed by atoms with Crippen molar-refractivity contribution in [2.45, 2.75) is 38.1 Å². The molecule has 0 spiro atoms. The minimum atomic E-state index is -3.96. The van der Waals surface area contributed by atoms with Gasteiger partial charge in [0.1, 0.15) is 10.7 Å². The third-order valence-electron chi connectivity index (χ3n) is 4.40. The first-order chi connectivity index (χ1) is 12.1. The number of hydrogen-bond donors (Lipinski definition) is 1. The van der Waals surface area contributed by atoms with Gasteiger partial charge in [-0.15, -0.1) is 0 Å². The summed E-state index contributed by atoms with van der Waals surface area (Å²) in [5, 5.41) is 0. The van der Waals surface area contributed by atoms with Gasteiger partial charge in [-0.25, -0.2) is 12.8 Å². The number of nitrogens with zero attached hydrogens (tertiary/aromatic N) is 1. The van der Waals surface area contributed by atoms with E-state index in [1.807, 2.05) is 6.92 Å². The second-order valence-electron chi connectivity index (χ2n) is 6.42. The molecule has 138 valence electrons. The maximum Gasteiger partial charge on any atom is 0.263 e. The standard InChI is InChI=1S/C18H18BrFN2O3S/c1-10-4-5-14(8-16(10)20)21-26(24,25)18-9-17-13(7-15(18)19)6-11(2)22(17)12(3)23/h4-5,7-9,11,21H,6H2,1-3H3. The molecule has 0 saturated heterocycles. The maximum atomic E-state index is 13.7. The van der Waals surface area contributed by atoms with E-state index in [9.17, 15) is 17.6 Å². The van der Waals surface area contributed by atoms with Crippen molar-refractivity contribution in [1.29, 1.82) is 0 Å². The molecule has 0 saturated carbocycles. The quantitative estimate of drug-likeness (QED) is 0.784. The van der Waals surface area contributed by atoms with E-state index in [1.165, 1.54) is 25.1 Å². The van der Waals surface area contributed by atoms with Crippen LogP contribution in [0, 0.1) is 12.7 Å². The Morgan fingerprint density at radius 1 is 1.31 bits per heavy atom. The van der Waals surface area contributed by atoms with E-state index < -0.39 is 15.8 Å². The molecule has 3 rings (SSSR count). The van der Waals surface area contributed by atoms with Crippen molar-refractivity contribution in [3.63, 3.8) is 0 Å². The van der Waals surface area contributed by atoms with Crippen molar-refractivity contribution in [3.8, 4) is 0 Å². The summed E-state index contributed by atoms with van der Waals surface area (Å²) in [6.45, 7) is 4.97. The van der Waals surface area contributed by atoms with Crippen LogP contribution < -0.4 is 9.62 Å². The van der Waals surface area contributed by atoms with Crippen LogP contribution in [0.3, 0.4) is 0 Å². The molecule has 1 aliphatic rings. The molecule has 2 aromatic carbocycles. The predicted octanol–water partition coefficient (Wildman–Crippen LogP) is 3.99. The Labute approximate surface area is 160 Å². The molecule has 0 aromatic heterocycles. The van der Waals surface area contributed by atoms with Gasteiger partial charge in [0, 0.05) is 23.1 Å². The van der Waals surface area contributed by atoms with Crippen LogP contribution >= 0.6 is 15.9 Å². The summed E-state index contributed by atoms with van der Waals surface area (Å²) in [7, 11) is -3.96. The Bertz CT molecular complexity index is 1010. The minimum Gasteiger partial charge on any atom is -0.309 e. The van der Waals surface area contributed by atoms with E-state index in [1.54, 1.807) is 17.9 Å². The number of anilines is 2. The molecule has 1 aliphatic heterocycles. The number of carbonyl (C=O) groups is 1. The summed E-state index contributed by atoms with van der Waals surface area (Å²) in [5.41, 5.74) is 2.05. The van der Waals surface area contributed by atoms with E-state index in [2.05, 4.69) is 20.7 Å². The van der Waals surface area contributed by atoms with Gasteiger partial charge in [-0.05, 0) is 71.6 Å². The van der Waals surface area contributed by atoms with Gasteiger partial charge in [-0.1, -0.05) is 6.07 Å². The third kappa shape index (κ3) is 3.35. The van der Waals surface area contributed by atoms with Gasteiger partial charge in [0.05, 0.1) is 5.69 Å². The monoisotopic (exact) mass is 440 g/mol. The molecule has 5 nitrogen and oxygen atoms in total. The van der Waals surface area contributed by atoms with Crippen LogP contribution in [0.4, 0.5) is 15.8 Å². The fraction of sp³-hybridized carbons (Fsp3) is 0.278. The Morgan fingerprint density at radius 2 is 2.00 bits per heavy atom. The lowest BCUT2D eigenvalue weighted by atomic mass is 10.1. The molecule has 0 fully saturated rings. The summed E-state index contributed by atoms with van der Waals surface area (Å²) in [6, 6.07) is 7.31. The average molecular weight is 441 g/mol.